The second kappa shape index (κ2) is 6.33. The van der Waals surface area contributed by atoms with Crippen LogP contribution in [0.2, 0.25) is 0 Å². The predicted octanol–water partition coefficient (Wildman–Crippen LogP) is 3.86. The van der Waals surface area contributed by atoms with Crippen LogP contribution in [0.5, 0.6) is 0 Å². The van der Waals surface area contributed by atoms with Crippen LogP contribution in [0.15, 0.2) is 18.3 Å². The molecule has 2 heteroatoms. The molecule has 0 bridgehead atoms. The number of pyridine rings is 1. The van der Waals surface area contributed by atoms with E-state index in [1.54, 1.807) is 0 Å². The number of rotatable bonds is 4. The van der Waals surface area contributed by atoms with Gasteiger partial charge in [0.2, 0.25) is 0 Å². The van der Waals surface area contributed by atoms with E-state index in [2.05, 4.69) is 24.9 Å². The highest BCUT2D eigenvalue weighted by atomic mass is 14.8. The highest BCUT2D eigenvalue weighted by Crippen LogP contribution is 2.39. The molecule has 2 rings (SSSR count). The van der Waals surface area contributed by atoms with Gasteiger partial charge in [-0.25, -0.2) is 0 Å². The lowest BCUT2D eigenvalue weighted by atomic mass is 9.73. The highest BCUT2D eigenvalue weighted by Gasteiger charge is 2.30. The van der Waals surface area contributed by atoms with Crippen LogP contribution in [0, 0.1) is 11.8 Å². The first-order chi connectivity index (χ1) is 8.77. The molecule has 0 aliphatic heterocycles. The largest absolute Gasteiger partial charge is 0.322 e. The predicted molar refractivity (Wildman–Crippen MR) is 76.3 cm³/mol. The summed E-state index contributed by atoms with van der Waals surface area (Å²) in [6.45, 7) is 4.49. The fraction of sp³-hybridized carbons (Fsp3) is 0.688. The molecule has 3 unspecified atom stereocenters. The van der Waals surface area contributed by atoms with Crippen LogP contribution in [0.4, 0.5) is 0 Å². The van der Waals surface area contributed by atoms with E-state index in [0.717, 1.165) is 18.0 Å². The number of hydrogen-bond donors (Lipinski definition) is 1. The van der Waals surface area contributed by atoms with E-state index < -0.39 is 0 Å². The zero-order valence-electron chi connectivity index (χ0n) is 11.7. The Morgan fingerprint density at radius 2 is 2.11 bits per heavy atom. The van der Waals surface area contributed by atoms with E-state index in [9.17, 15) is 0 Å². The van der Waals surface area contributed by atoms with E-state index in [-0.39, 0.29) is 6.04 Å². The van der Waals surface area contributed by atoms with Gasteiger partial charge < -0.3 is 5.73 Å². The topological polar surface area (TPSA) is 38.9 Å². The lowest BCUT2D eigenvalue weighted by Gasteiger charge is -2.35. The molecule has 0 radical (unpaired) electrons. The summed E-state index contributed by atoms with van der Waals surface area (Å²) in [5, 5.41) is 0. The average Bonchev–Trinajstić information content (AvgIpc) is 2.46. The fourth-order valence-corrected chi connectivity index (χ4v) is 3.47. The number of nitrogens with two attached hydrogens (primary N) is 1. The molecule has 0 amide bonds. The maximum absolute atomic E-state index is 6.55. The maximum atomic E-state index is 6.55. The second-order valence-corrected chi connectivity index (χ2v) is 5.54. The minimum atomic E-state index is 0.131. The third kappa shape index (κ3) is 2.74. The van der Waals surface area contributed by atoms with Gasteiger partial charge in [-0.2, -0.15) is 0 Å². The van der Waals surface area contributed by atoms with Crippen LogP contribution in [-0.2, 0) is 6.42 Å². The average molecular weight is 246 g/mol. The lowest BCUT2D eigenvalue weighted by molar-refractivity contribution is 0.194. The molecule has 2 N–H and O–H groups in total. The van der Waals surface area contributed by atoms with Crippen LogP contribution in [0.1, 0.15) is 63.3 Å². The molecule has 3 atom stereocenters. The summed E-state index contributed by atoms with van der Waals surface area (Å²) in [6, 6.07) is 4.32. The Morgan fingerprint density at radius 3 is 2.83 bits per heavy atom. The van der Waals surface area contributed by atoms with Crippen LogP contribution < -0.4 is 5.73 Å². The van der Waals surface area contributed by atoms with Crippen molar-refractivity contribution < 1.29 is 0 Å². The van der Waals surface area contributed by atoms with Gasteiger partial charge in [-0.1, -0.05) is 45.6 Å². The van der Waals surface area contributed by atoms with Gasteiger partial charge in [0.05, 0.1) is 11.7 Å². The molecule has 0 aromatic carbocycles. The minimum Gasteiger partial charge on any atom is -0.322 e. The summed E-state index contributed by atoms with van der Waals surface area (Å²) in [7, 11) is 0. The normalized spacial score (nSPS) is 25.9. The van der Waals surface area contributed by atoms with E-state index >= 15 is 0 Å². The van der Waals surface area contributed by atoms with Crippen molar-refractivity contribution in [3.05, 3.63) is 29.6 Å². The Bertz CT molecular complexity index is 375. The third-order valence-corrected chi connectivity index (χ3v) is 4.58. The van der Waals surface area contributed by atoms with Gasteiger partial charge >= 0.3 is 0 Å². The fourth-order valence-electron chi connectivity index (χ4n) is 3.47. The summed E-state index contributed by atoms with van der Waals surface area (Å²) in [6.07, 6.45) is 9.52. The summed E-state index contributed by atoms with van der Waals surface area (Å²) in [5.74, 6) is 1.42. The first-order valence-electron chi connectivity index (χ1n) is 7.47. The molecule has 18 heavy (non-hydrogen) atoms. The molecule has 1 fully saturated rings. The number of hydrogen-bond acceptors (Lipinski definition) is 2. The van der Waals surface area contributed by atoms with Crippen molar-refractivity contribution >= 4 is 0 Å². The van der Waals surface area contributed by atoms with Crippen molar-refractivity contribution in [2.45, 2.75) is 58.4 Å². The van der Waals surface area contributed by atoms with Gasteiger partial charge in [0.1, 0.15) is 0 Å². The Balaban J connectivity index is 2.20. The Labute approximate surface area is 111 Å². The molecular formula is C16H26N2. The molecule has 1 aromatic heterocycles. The molecule has 100 valence electrons. The molecule has 0 spiro atoms. The van der Waals surface area contributed by atoms with Crippen LogP contribution in [0.25, 0.3) is 0 Å². The van der Waals surface area contributed by atoms with Crippen molar-refractivity contribution in [1.82, 2.24) is 4.98 Å². The third-order valence-electron chi connectivity index (χ3n) is 4.58. The monoisotopic (exact) mass is 246 g/mol. The van der Waals surface area contributed by atoms with Crippen molar-refractivity contribution in [2.75, 3.05) is 0 Å². The Kier molecular flexibility index (Phi) is 4.76. The smallest absolute Gasteiger partial charge is 0.0605 e. The van der Waals surface area contributed by atoms with Crippen molar-refractivity contribution in [3.8, 4) is 0 Å². The first kappa shape index (κ1) is 13.5. The van der Waals surface area contributed by atoms with E-state index in [4.69, 9.17) is 5.73 Å². The van der Waals surface area contributed by atoms with Crippen molar-refractivity contribution in [2.24, 2.45) is 17.6 Å². The van der Waals surface area contributed by atoms with Crippen molar-refractivity contribution in [1.29, 1.82) is 0 Å². The maximum Gasteiger partial charge on any atom is 0.0605 e. The first-order valence-corrected chi connectivity index (χ1v) is 7.47. The summed E-state index contributed by atoms with van der Waals surface area (Å²) in [4.78, 5) is 4.57. The van der Waals surface area contributed by atoms with Crippen LogP contribution in [-0.4, -0.2) is 4.98 Å². The second-order valence-electron chi connectivity index (χ2n) is 5.54. The number of aryl methyl sites for hydroxylation is 1. The van der Waals surface area contributed by atoms with Gasteiger partial charge in [0.25, 0.3) is 0 Å². The summed E-state index contributed by atoms with van der Waals surface area (Å²) < 4.78 is 0. The molecule has 2 nitrogen and oxygen atoms in total. The summed E-state index contributed by atoms with van der Waals surface area (Å²) in [5.41, 5.74) is 9.02. The van der Waals surface area contributed by atoms with Gasteiger partial charge in [-0.3, -0.25) is 4.98 Å². The molecule has 0 saturated heterocycles. The Morgan fingerprint density at radius 1 is 1.33 bits per heavy atom. The quantitative estimate of drug-likeness (QED) is 0.876. The number of nitrogens with zero attached hydrogens (tertiary/aromatic N) is 1. The molecule has 1 aliphatic rings. The zero-order valence-corrected chi connectivity index (χ0v) is 11.7. The summed E-state index contributed by atoms with van der Waals surface area (Å²) >= 11 is 0. The van der Waals surface area contributed by atoms with Crippen LogP contribution >= 0.6 is 0 Å². The van der Waals surface area contributed by atoms with E-state index in [1.807, 2.05) is 12.3 Å². The van der Waals surface area contributed by atoms with Gasteiger partial charge in [0.15, 0.2) is 0 Å². The molecule has 1 aromatic rings. The highest BCUT2D eigenvalue weighted by molar-refractivity contribution is 5.23. The van der Waals surface area contributed by atoms with E-state index in [1.165, 1.54) is 37.7 Å². The Hall–Kier alpha value is -0.890. The van der Waals surface area contributed by atoms with E-state index in [0.29, 0.717) is 5.92 Å². The lowest BCUT2D eigenvalue weighted by Crippen LogP contribution is -2.31. The van der Waals surface area contributed by atoms with Gasteiger partial charge in [0, 0.05) is 6.20 Å². The minimum absolute atomic E-state index is 0.131. The molecular weight excluding hydrogens is 220 g/mol. The van der Waals surface area contributed by atoms with Gasteiger partial charge in [-0.05, 0) is 36.3 Å². The molecule has 1 aliphatic carbocycles. The van der Waals surface area contributed by atoms with Crippen molar-refractivity contribution in [3.63, 3.8) is 0 Å². The van der Waals surface area contributed by atoms with Crippen LogP contribution in [0.3, 0.4) is 0 Å². The molecule has 1 heterocycles. The zero-order chi connectivity index (χ0) is 13.0. The van der Waals surface area contributed by atoms with Gasteiger partial charge in [-0.15, -0.1) is 0 Å². The standard InChI is InChI=1S/C16H26N2/c1-3-12-8-5-6-10-14(12)15(17)16-13(4-2)9-7-11-18-16/h7,9,11-12,14-15H,3-6,8,10,17H2,1-2H3. The SMILES string of the molecule is CCc1cccnc1C(N)C1CCCCC1CC. The molecule has 1 saturated carbocycles. The number of aromatic nitrogens is 1.